The van der Waals surface area contributed by atoms with Gasteiger partial charge in [0, 0.05) is 25.6 Å². The van der Waals surface area contributed by atoms with E-state index in [0.29, 0.717) is 25.4 Å². The lowest BCUT2D eigenvalue weighted by Gasteiger charge is -2.22. The van der Waals surface area contributed by atoms with Crippen LogP contribution in [0, 0.1) is 11.8 Å². The minimum atomic E-state index is 0.136. The lowest BCUT2D eigenvalue weighted by Crippen LogP contribution is -2.30. The molecule has 0 unspecified atom stereocenters. The van der Waals surface area contributed by atoms with Crippen LogP contribution >= 0.6 is 0 Å². The molecule has 0 saturated carbocycles. The molecule has 0 radical (unpaired) electrons. The first-order valence-corrected chi connectivity index (χ1v) is 7.53. The Morgan fingerprint density at radius 3 is 2.57 bits per heavy atom. The lowest BCUT2D eigenvalue weighted by molar-refractivity contribution is -0.131. The Bertz CT molecular complexity index is 446. The van der Waals surface area contributed by atoms with Gasteiger partial charge in [0.15, 0.2) is 0 Å². The standard InChI is InChI=1S/C17H28N2O2/c1-13(2)9-14(11-18)10-17(20)19(3)12-15-7-5-6-8-16(15)21-4/h5-8,13-14H,9-12,18H2,1-4H3/t14-/m0/s1. The van der Waals surface area contributed by atoms with Crippen molar-refractivity contribution in [2.24, 2.45) is 17.6 Å². The fraction of sp³-hybridized carbons (Fsp3) is 0.588. The number of para-hydroxylation sites is 1. The Balaban J connectivity index is 2.61. The largest absolute Gasteiger partial charge is 0.496 e. The number of amides is 1. The summed E-state index contributed by atoms with van der Waals surface area (Å²) in [5.74, 6) is 1.77. The van der Waals surface area contributed by atoms with Gasteiger partial charge in [0.1, 0.15) is 5.75 Å². The van der Waals surface area contributed by atoms with Gasteiger partial charge in [0.05, 0.1) is 7.11 Å². The van der Waals surface area contributed by atoms with Crippen molar-refractivity contribution in [2.45, 2.75) is 33.2 Å². The van der Waals surface area contributed by atoms with Crippen LogP contribution in [0.1, 0.15) is 32.3 Å². The Morgan fingerprint density at radius 1 is 1.33 bits per heavy atom. The molecule has 1 rings (SSSR count). The van der Waals surface area contributed by atoms with Crippen LogP contribution in [-0.2, 0) is 11.3 Å². The number of rotatable bonds is 8. The summed E-state index contributed by atoms with van der Waals surface area (Å²) < 4.78 is 5.32. The average Bonchev–Trinajstić information content (AvgIpc) is 2.46. The third-order valence-corrected chi connectivity index (χ3v) is 3.63. The number of methoxy groups -OCH3 is 1. The predicted octanol–water partition coefficient (Wildman–Crippen LogP) is 2.66. The van der Waals surface area contributed by atoms with Crippen LogP contribution in [0.2, 0.25) is 0 Å². The van der Waals surface area contributed by atoms with Gasteiger partial charge in [0.2, 0.25) is 5.91 Å². The molecule has 1 aromatic rings. The van der Waals surface area contributed by atoms with E-state index in [-0.39, 0.29) is 11.8 Å². The monoisotopic (exact) mass is 292 g/mol. The minimum absolute atomic E-state index is 0.136. The van der Waals surface area contributed by atoms with Gasteiger partial charge in [-0.25, -0.2) is 0 Å². The summed E-state index contributed by atoms with van der Waals surface area (Å²) in [6.45, 7) is 5.44. The second-order valence-electron chi connectivity index (χ2n) is 6.00. The average molecular weight is 292 g/mol. The summed E-state index contributed by atoms with van der Waals surface area (Å²) in [7, 11) is 3.48. The Labute approximate surface area is 128 Å². The maximum Gasteiger partial charge on any atom is 0.222 e. The van der Waals surface area contributed by atoms with Crippen LogP contribution in [0.5, 0.6) is 5.75 Å². The maximum atomic E-state index is 12.3. The number of nitrogens with two attached hydrogens (primary N) is 1. The summed E-state index contributed by atoms with van der Waals surface area (Å²) in [6.07, 6.45) is 1.51. The van der Waals surface area contributed by atoms with Crippen LogP contribution < -0.4 is 10.5 Å². The molecule has 0 aliphatic heterocycles. The van der Waals surface area contributed by atoms with Gasteiger partial charge in [-0.15, -0.1) is 0 Å². The molecule has 1 aromatic carbocycles. The van der Waals surface area contributed by atoms with E-state index in [0.717, 1.165) is 17.7 Å². The molecular weight excluding hydrogens is 264 g/mol. The molecule has 0 saturated heterocycles. The molecule has 1 amide bonds. The van der Waals surface area contributed by atoms with E-state index in [1.54, 1.807) is 12.0 Å². The number of carbonyl (C=O) groups is 1. The summed E-state index contributed by atoms with van der Waals surface area (Å²) in [4.78, 5) is 14.1. The SMILES string of the molecule is COc1ccccc1CN(C)C(=O)C[C@@H](CN)CC(C)C. The zero-order valence-electron chi connectivity index (χ0n) is 13.6. The van der Waals surface area contributed by atoms with Crippen molar-refractivity contribution in [3.63, 3.8) is 0 Å². The van der Waals surface area contributed by atoms with Gasteiger partial charge in [0.25, 0.3) is 0 Å². The van der Waals surface area contributed by atoms with E-state index < -0.39 is 0 Å². The first-order chi connectivity index (χ1) is 9.97. The minimum Gasteiger partial charge on any atom is -0.496 e. The Morgan fingerprint density at radius 2 is 2.00 bits per heavy atom. The van der Waals surface area contributed by atoms with Gasteiger partial charge in [-0.05, 0) is 30.9 Å². The van der Waals surface area contributed by atoms with Crippen molar-refractivity contribution >= 4 is 5.91 Å². The molecule has 21 heavy (non-hydrogen) atoms. The van der Waals surface area contributed by atoms with E-state index in [2.05, 4.69) is 13.8 Å². The van der Waals surface area contributed by atoms with Crippen molar-refractivity contribution in [1.82, 2.24) is 4.90 Å². The van der Waals surface area contributed by atoms with E-state index >= 15 is 0 Å². The molecular formula is C17H28N2O2. The highest BCUT2D eigenvalue weighted by Gasteiger charge is 2.18. The van der Waals surface area contributed by atoms with E-state index in [1.165, 1.54) is 0 Å². The molecule has 0 aromatic heterocycles. The zero-order valence-corrected chi connectivity index (χ0v) is 13.6. The van der Waals surface area contributed by atoms with Gasteiger partial charge in [-0.2, -0.15) is 0 Å². The highest BCUT2D eigenvalue weighted by atomic mass is 16.5. The van der Waals surface area contributed by atoms with Gasteiger partial charge in [-0.3, -0.25) is 4.79 Å². The number of ether oxygens (including phenoxy) is 1. The molecule has 0 aliphatic carbocycles. The molecule has 4 heteroatoms. The van der Waals surface area contributed by atoms with Crippen molar-refractivity contribution in [3.8, 4) is 5.75 Å². The van der Waals surface area contributed by atoms with Crippen molar-refractivity contribution in [1.29, 1.82) is 0 Å². The molecule has 2 N–H and O–H groups in total. The maximum absolute atomic E-state index is 12.3. The van der Waals surface area contributed by atoms with Gasteiger partial charge in [-0.1, -0.05) is 32.0 Å². The number of hydrogen-bond donors (Lipinski definition) is 1. The van der Waals surface area contributed by atoms with Crippen molar-refractivity contribution < 1.29 is 9.53 Å². The zero-order chi connectivity index (χ0) is 15.8. The fourth-order valence-electron chi connectivity index (χ4n) is 2.51. The molecule has 0 heterocycles. The Hall–Kier alpha value is -1.55. The van der Waals surface area contributed by atoms with E-state index in [1.807, 2.05) is 31.3 Å². The van der Waals surface area contributed by atoms with E-state index in [9.17, 15) is 4.79 Å². The summed E-state index contributed by atoms with van der Waals surface area (Å²) in [5, 5.41) is 0. The summed E-state index contributed by atoms with van der Waals surface area (Å²) in [5.41, 5.74) is 6.79. The second kappa shape index (κ2) is 8.67. The normalized spacial score (nSPS) is 12.3. The van der Waals surface area contributed by atoms with Crippen molar-refractivity contribution in [3.05, 3.63) is 29.8 Å². The molecule has 1 atom stereocenters. The van der Waals surface area contributed by atoms with Crippen LogP contribution in [0.4, 0.5) is 0 Å². The molecule has 4 nitrogen and oxygen atoms in total. The molecule has 0 fully saturated rings. The molecule has 118 valence electrons. The lowest BCUT2D eigenvalue weighted by atomic mass is 9.94. The predicted molar refractivity (Wildman–Crippen MR) is 86.1 cm³/mol. The topological polar surface area (TPSA) is 55.6 Å². The molecule has 0 spiro atoms. The fourth-order valence-corrected chi connectivity index (χ4v) is 2.51. The van der Waals surface area contributed by atoms with Crippen LogP contribution in [0.15, 0.2) is 24.3 Å². The first-order valence-electron chi connectivity index (χ1n) is 7.53. The summed E-state index contributed by atoms with van der Waals surface area (Å²) >= 11 is 0. The molecule has 0 bridgehead atoms. The van der Waals surface area contributed by atoms with Crippen molar-refractivity contribution in [2.75, 3.05) is 20.7 Å². The van der Waals surface area contributed by atoms with Crippen LogP contribution in [0.3, 0.4) is 0 Å². The highest BCUT2D eigenvalue weighted by molar-refractivity contribution is 5.76. The smallest absolute Gasteiger partial charge is 0.222 e. The number of carbonyl (C=O) groups excluding carboxylic acids is 1. The van der Waals surface area contributed by atoms with Crippen LogP contribution in [0.25, 0.3) is 0 Å². The highest BCUT2D eigenvalue weighted by Crippen LogP contribution is 2.20. The number of nitrogens with zero attached hydrogens (tertiary/aromatic N) is 1. The number of benzene rings is 1. The van der Waals surface area contributed by atoms with Gasteiger partial charge < -0.3 is 15.4 Å². The third kappa shape index (κ3) is 5.76. The second-order valence-corrected chi connectivity index (χ2v) is 6.00. The molecule has 0 aliphatic rings. The third-order valence-electron chi connectivity index (χ3n) is 3.63. The Kier molecular flexibility index (Phi) is 7.23. The van der Waals surface area contributed by atoms with Gasteiger partial charge >= 0.3 is 0 Å². The number of hydrogen-bond acceptors (Lipinski definition) is 3. The summed E-state index contributed by atoms with van der Waals surface area (Å²) in [6, 6.07) is 7.78. The van der Waals surface area contributed by atoms with E-state index in [4.69, 9.17) is 10.5 Å². The first kappa shape index (κ1) is 17.5. The van der Waals surface area contributed by atoms with Crippen LogP contribution in [-0.4, -0.2) is 31.5 Å². The quantitative estimate of drug-likeness (QED) is 0.801.